The fourth-order valence-corrected chi connectivity index (χ4v) is 4.25. The third kappa shape index (κ3) is 5.26. The molecular formula is C21H27ClN2O3S. The fourth-order valence-electron chi connectivity index (χ4n) is 3.18. The molecule has 0 heterocycles. The number of amides is 1. The number of nitrogens with one attached hydrogen (secondary N) is 1. The monoisotopic (exact) mass is 422 g/mol. The quantitative estimate of drug-likeness (QED) is 0.757. The number of anilines is 1. The van der Waals surface area contributed by atoms with Gasteiger partial charge in [-0.25, -0.2) is 8.42 Å². The molecule has 0 aliphatic rings. The van der Waals surface area contributed by atoms with E-state index in [0.29, 0.717) is 10.7 Å². The van der Waals surface area contributed by atoms with Crippen LogP contribution in [0.1, 0.15) is 40.8 Å². The first-order chi connectivity index (χ1) is 12.9. The molecule has 0 saturated carbocycles. The number of sulfonamides is 1. The highest BCUT2D eigenvalue weighted by molar-refractivity contribution is 7.92. The Kier molecular flexibility index (Phi) is 6.78. The molecule has 1 atom stereocenters. The third-order valence-corrected chi connectivity index (χ3v) is 6.22. The van der Waals surface area contributed by atoms with Crippen LogP contribution in [0.25, 0.3) is 0 Å². The zero-order valence-electron chi connectivity index (χ0n) is 17.1. The molecule has 0 aliphatic heterocycles. The molecule has 7 heteroatoms. The Morgan fingerprint density at radius 1 is 1.04 bits per heavy atom. The van der Waals surface area contributed by atoms with Crippen molar-refractivity contribution >= 4 is 33.2 Å². The molecule has 1 N–H and O–H groups in total. The van der Waals surface area contributed by atoms with Gasteiger partial charge in [-0.05, 0) is 74.6 Å². The third-order valence-electron chi connectivity index (χ3n) is 4.85. The van der Waals surface area contributed by atoms with Crippen molar-refractivity contribution in [3.8, 4) is 0 Å². The van der Waals surface area contributed by atoms with E-state index in [-0.39, 0.29) is 18.5 Å². The minimum atomic E-state index is -3.66. The van der Waals surface area contributed by atoms with E-state index in [0.717, 1.165) is 32.8 Å². The number of halogens is 1. The van der Waals surface area contributed by atoms with Gasteiger partial charge in [0.15, 0.2) is 0 Å². The van der Waals surface area contributed by atoms with Crippen LogP contribution in [0, 0.1) is 27.7 Å². The van der Waals surface area contributed by atoms with Crippen LogP contribution in [0.4, 0.5) is 5.69 Å². The lowest BCUT2D eigenvalue weighted by molar-refractivity contribution is -0.120. The van der Waals surface area contributed by atoms with Crippen LogP contribution in [-0.4, -0.2) is 27.1 Å². The van der Waals surface area contributed by atoms with Crippen molar-refractivity contribution in [3.63, 3.8) is 0 Å². The molecule has 0 fully saturated rings. The molecule has 2 aromatic rings. The van der Waals surface area contributed by atoms with Crippen molar-refractivity contribution in [2.24, 2.45) is 0 Å². The summed E-state index contributed by atoms with van der Waals surface area (Å²) < 4.78 is 25.7. The first-order valence-corrected chi connectivity index (χ1v) is 11.2. The second kappa shape index (κ2) is 8.53. The Morgan fingerprint density at radius 2 is 1.64 bits per heavy atom. The van der Waals surface area contributed by atoms with Gasteiger partial charge < -0.3 is 5.32 Å². The van der Waals surface area contributed by atoms with Crippen molar-refractivity contribution < 1.29 is 13.2 Å². The lowest BCUT2D eigenvalue weighted by atomic mass is 9.96. The number of hydrogen-bond acceptors (Lipinski definition) is 3. The van der Waals surface area contributed by atoms with Gasteiger partial charge in [-0.1, -0.05) is 29.8 Å². The minimum Gasteiger partial charge on any atom is -0.348 e. The highest BCUT2D eigenvalue weighted by Gasteiger charge is 2.24. The highest BCUT2D eigenvalue weighted by atomic mass is 35.5. The van der Waals surface area contributed by atoms with Crippen molar-refractivity contribution in [1.82, 2.24) is 5.32 Å². The maximum atomic E-state index is 12.7. The Balaban J connectivity index is 2.25. The van der Waals surface area contributed by atoms with E-state index < -0.39 is 10.0 Å². The summed E-state index contributed by atoms with van der Waals surface area (Å²) in [5.41, 5.74) is 5.57. The molecule has 1 unspecified atom stereocenters. The van der Waals surface area contributed by atoms with E-state index in [1.807, 2.05) is 27.7 Å². The lowest BCUT2D eigenvalue weighted by Gasteiger charge is -2.25. The Morgan fingerprint density at radius 3 is 2.25 bits per heavy atom. The standard InChI is InChI=1S/C21H27ClN2O3S/c1-13-7-8-18(22)11-20(13)24(28(6,26)27)12-21(25)23-17(5)19-10-15(3)14(2)9-16(19)4/h7-11,17H,12H2,1-6H3,(H,23,25). The first-order valence-electron chi connectivity index (χ1n) is 9.01. The van der Waals surface area contributed by atoms with Gasteiger partial charge in [0.25, 0.3) is 0 Å². The summed E-state index contributed by atoms with van der Waals surface area (Å²) in [4.78, 5) is 12.7. The number of benzene rings is 2. The highest BCUT2D eigenvalue weighted by Crippen LogP contribution is 2.26. The van der Waals surface area contributed by atoms with Crippen LogP contribution in [0.15, 0.2) is 30.3 Å². The van der Waals surface area contributed by atoms with Gasteiger partial charge in [0.1, 0.15) is 6.54 Å². The predicted molar refractivity (Wildman–Crippen MR) is 116 cm³/mol. The molecule has 0 radical (unpaired) electrons. The van der Waals surface area contributed by atoms with Crippen LogP contribution >= 0.6 is 11.6 Å². The smallest absolute Gasteiger partial charge is 0.241 e. The lowest BCUT2D eigenvalue weighted by Crippen LogP contribution is -2.41. The van der Waals surface area contributed by atoms with Gasteiger partial charge in [-0.15, -0.1) is 0 Å². The molecule has 0 saturated heterocycles. The Bertz CT molecular complexity index is 1000. The van der Waals surface area contributed by atoms with Crippen molar-refractivity contribution in [2.75, 3.05) is 17.1 Å². The van der Waals surface area contributed by atoms with Gasteiger partial charge in [0, 0.05) is 5.02 Å². The second-order valence-electron chi connectivity index (χ2n) is 7.28. The fraction of sp³-hybridized carbons (Fsp3) is 0.381. The average molecular weight is 423 g/mol. The first kappa shape index (κ1) is 22.2. The number of rotatable bonds is 6. The maximum Gasteiger partial charge on any atom is 0.241 e. The van der Waals surface area contributed by atoms with Crippen LogP contribution in [-0.2, 0) is 14.8 Å². The molecule has 28 heavy (non-hydrogen) atoms. The zero-order valence-corrected chi connectivity index (χ0v) is 18.7. The van der Waals surface area contributed by atoms with E-state index in [2.05, 4.69) is 17.4 Å². The summed E-state index contributed by atoms with van der Waals surface area (Å²) in [5.74, 6) is -0.380. The normalized spacial score (nSPS) is 12.5. The summed E-state index contributed by atoms with van der Waals surface area (Å²) in [6, 6.07) is 8.88. The average Bonchev–Trinajstić information content (AvgIpc) is 2.57. The predicted octanol–water partition coefficient (Wildman–Crippen LogP) is 4.22. The Hall–Kier alpha value is -2.05. The number of carbonyl (C=O) groups is 1. The molecule has 152 valence electrons. The molecule has 2 rings (SSSR count). The van der Waals surface area contributed by atoms with Gasteiger partial charge in [-0.2, -0.15) is 0 Å². The summed E-state index contributed by atoms with van der Waals surface area (Å²) in [6.45, 7) is 9.44. The molecule has 0 aliphatic carbocycles. The van der Waals surface area contributed by atoms with E-state index in [9.17, 15) is 13.2 Å². The minimum absolute atomic E-state index is 0.242. The number of carbonyl (C=O) groups excluding carboxylic acids is 1. The Labute approximate surface area is 172 Å². The second-order valence-corrected chi connectivity index (χ2v) is 9.63. The maximum absolute atomic E-state index is 12.7. The van der Waals surface area contributed by atoms with Crippen LogP contribution in [0.5, 0.6) is 0 Å². The molecular weight excluding hydrogens is 396 g/mol. The SMILES string of the molecule is Cc1cc(C)c(C(C)NC(=O)CN(c2cc(Cl)ccc2C)S(C)(=O)=O)cc1C. The van der Waals surface area contributed by atoms with Gasteiger partial charge in [0.2, 0.25) is 15.9 Å². The number of nitrogens with zero attached hydrogens (tertiary/aromatic N) is 1. The van der Waals surface area contributed by atoms with Crippen molar-refractivity contribution in [3.05, 3.63) is 63.2 Å². The summed E-state index contributed by atoms with van der Waals surface area (Å²) in [6.07, 6.45) is 1.08. The number of aryl methyl sites for hydroxylation is 4. The largest absolute Gasteiger partial charge is 0.348 e. The van der Waals surface area contributed by atoms with Crippen LogP contribution in [0.2, 0.25) is 5.02 Å². The topological polar surface area (TPSA) is 66.5 Å². The number of hydrogen-bond donors (Lipinski definition) is 1. The van der Waals surface area contributed by atoms with Crippen LogP contribution < -0.4 is 9.62 Å². The molecule has 2 aromatic carbocycles. The van der Waals surface area contributed by atoms with E-state index in [4.69, 9.17) is 11.6 Å². The summed E-state index contributed by atoms with van der Waals surface area (Å²) in [7, 11) is -3.66. The molecule has 5 nitrogen and oxygen atoms in total. The summed E-state index contributed by atoms with van der Waals surface area (Å²) >= 11 is 6.03. The van der Waals surface area contributed by atoms with E-state index in [1.54, 1.807) is 25.1 Å². The molecule has 1 amide bonds. The molecule has 0 aromatic heterocycles. The molecule has 0 spiro atoms. The zero-order chi connectivity index (χ0) is 21.2. The van der Waals surface area contributed by atoms with Gasteiger partial charge in [-0.3, -0.25) is 9.10 Å². The van der Waals surface area contributed by atoms with E-state index >= 15 is 0 Å². The van der Waals surface area contributed by atoms with E-state index in [1.165, 1.54) is 5.56 Å². The van der Waals surface area contributed by atoms with Gasteiger partial charge in [0.05, 0.1) is 18.0 Å². The van der Waals surface area contributed by atoms with Gasteiger partial charge >= 0.3 is 0 Å². The molecule has 0 bridgehead atoms. The van der Waals surface area contributed by atoms with Crippen molar-refractivity contribution in [1.29, 1.82) is 0 Å². The van der Waals surface area contributed by atoms with Crippen LogP contribution in [0.3, 0.4) is 0 Å². The van der Waals surface area contributed by atoms with Crippen molar-refractivity contribution in [2.45, 2.75) is 40.7 Å². The summed E-state index contributed by atoms with van der Waals surface area (Å²) in [5, 5.41) is 3.32.